The first-order valence-electron chi connectivity index (χ1n) is 20.9. The van der Waals surface area contributed by atoms with E-state index >= 15 is 0 Å². The maximum Gasteiger partial charge on any atom is 0.245 e. The van der Waals surface area contributed by atoms with Crippen molar-refractivity contribution in [1.29, 1.82) is 0 Å². The second-order valence-corrected chi connectivity index (χ2v) is 17.3. The molecule has 4 N–H and O–H groups in total. The van der Waals surface area contributed by atoms with Crippen molar-refractivity contribution in [1.82, 2.24) is 15.1 Å². The van der Waals surface area contributed by atoms with E-state index in [-0.39, 0.29) is 83.9 Å². The smallest absolute Gasteiger partial charge is 0.245 e. The minimum Gasteiger partial charge on any atom is -0.508 e. The summed E-state index contributed by atoms with van der Waals surface area (Å²) in [5.74, 6) is 0.0467. The predicted octanol–water partition coefficient (Wildman–Crippen LogP) is 6.04. The zero-order chi connectivity index (χ0) is 40.7. The molecule has 55 heavy (non-hydrogen) atoms. The lowest BCUT2D eigenvalue weighted by atomic mass is 9.82. The maximum absolute atomic E-state index is 14.7. The molecule has 310 valence electrons. The Morgan fingerprint density at radius 2 is 1.76 bits per heavy atom. The van der Waals surface area contributed by atoms with Crippen LogP contribution in [-0.4, -0.2) is 113 Å². The number of carbonyl (C=O) groups is 4. The molecule has 2 aliphatic heterocycles. The van der Waals surface area contributed by atoms with Gasteiger partial charge in [-0.1, -0.05) is 73.4 Å². The summed E-state index contributed by atoms with van der Waals surface area (Å²) in [5.41, 5.74) is 6.58. The van der Waals surface area contributed by atoms with Crippen LogP contribution in [0.2, 0.25) is 0 Å². The molecule has 0 radical (unpaired) electrons. The Hall–Kier alpha value is -2.80. The van der Waals surface area contributed by atoms with Gasteiger partial charge in [-0.2, -0.15) is 0 Å². The van der Waals surface area contributed by atoms with Crippen LogP contribution in [0.3, 0.4) is 0 Å². The SMILES string of the molecule is CCCO[C@H](C[C@H](C(C)C)N(CCC)C(=O)[C@@H](CC(=O)[C@H]1CCCCN1C)[C@@H](C)CC)C1=NC(C(=O)N[C@@H](Cc2ccc(O)cc2)C[C@H](C)C(=O)CN)CS1. The first-order chi connectivity index (χ1) is 26.2. The van der Waals surface area contributed by atoms with Gasteiger partial charge in [-0.15, -0.1) is 11.8 Å². The lowest BCUT2D eigenvalue weighted by Crippen LogP contribution is -2.51. The number of hydrogen-bond acceptors (Lipinski definition) is 10. The van der Waals surface area contributed by atoms with Crippen LogP contribution >= 0.6 is 11.8 Å². The maximum atomic E-state index is 14.7. The van der Waals surface area contributed by atoms with Crippen LogP contribution in [-0.2, 0) is 30.3 Å². The third kappa shape index (κ3) is 14.0. The van der Waals surface area contributed by atoms with Crippen molar-refractivity contribution in [3.05, 3.63) is 29.8 Å². The first kappa shape index (κ1) is 46.6. The lowest BCUT2D eigenvalue weighted by molar-refractivity contribution is -0.144. The minimum absolute atomic E-state index is 0.0521. The number of nitrogens with zero attached hydrogens (tertiary/aromatic N) is 3. The Bertz CT molecular complexity index is 1410. The Kier molecular flexibility index (Phi) is 19.8. The van der Waals surface area contributed by atoms with Gasteiger partial charge in [0.15, 0.2) is 5.78 Å². The van der Waals surface area contributed by atoms with Crippen LogP contribution < -0.4 is 11.1 Å². The number of thioether (sulfide) groups is 1. The van der Waals surface area contributed by atoms with Gasteiger partial charge in [0.25, 0.3) is 0 Å². The van der Waals surface area contributed by atoms with Crippen molar-refractivity contribution in [3.63, 3.8) is 0 Å². The van der Waals surface area contributed by atoms with Crippen molar-refractivity contribution in [3.8, 4) is 5.75 Å². The van der Waals surface area contributed by atoms with Crippen molar-refractivity contribution < 1.29 is 29.0 Å². The number of aromatic hydroxyl groups is 1. The lowest BCUT2D eigenvalue weighted by Gasteiger charge is -2.40. The minimum atomic E-state index is -0.625. The molecule has 8 atom stereocenters. The molecule has 1 unspecified atom stereocenters. The second-order valence-electron chi connectivity index (χ2n) is 16.3. The number of amides is 2. The third-order valence-electron chi connectivity index (χ3n) is 11.5. The molecular weight excluding hydrogens is 715 g/mol. The highest BCUT2D eigenvalue weighted by molar-refractivity contribution is 8.14. The normalized spacial score (nSPS) is 20.9. The van der Waals surface area contributed by atoms with E-state index in [1.807, 2.05) is 31.0 Å². The molecule has 2 amide bonds. The van der Waals surface area contributed by atoms with Gasteiger partial charge in [0, 0.05) is 55.7 Å². The average Bonchev–Trinajstić information content (AvgIpc) is 3.67. The first-order valence-corrected chi connectivity index (χ1v) is 21.9. The Morgan fingerprint density at radius 1 is 1.05 bits per heavy atom. The number of ether oxygens (including phenoxy) is 1. The fourth-order valence-electron chi connectivity index (χ4n) is 7.89. The van der Waals surface area contributed by atoms with Crippen LogP contribution in [0.25, 0.3) is 0 Å². The zero-order valence-electron chi connectivity index (χ0n) is 34.9. The van der Waals surface area contributed by atoms with E-state index in [1.165, 1.54) is 11.8 Å². The summed E-state index contributed by atoms with van der Waals surface area (Å²) in [6.07, 6.45) is 6.74. The van der Waals surface area contributed by atoms with Crippen molar-refractivity contribution >= 4 is 40.2 Å². The summed E-state index contributed by atoms with van der Waals surface area (Å²) in [5, 5.41) is 13.7. The van der Waals surface area contributed by atoms with Gasteiger partial charge in [-0.25, -0.2) is 0 Å². The summed E-state index contributed by atoms with van der Waals surface area (Å²) in [6, 6.07) is 5.63. The van der Waals surface area contributed by atoms with Gasteiger partial charge in [0.1, 0.15) is 23.7 Å². The number of rotatable bonds is 24. The Balaban J connectivity index is 1.84. The summed E-state index contributed by atoms with van der Waals surface area (Å²) >= 11 is 1.53. The van der Waals surface area contributed by atoms with Crippen LogP contribution in [0.5, 0.6) is 5.75 Å². The highest BCUT2D eigenvalue weighted by Gasteiger charge is 2.39. The predicted molar refractivity (Wildman–Crippen MR) is 223 cm³/mol. The van der Waals surface area contributed by atoms with E-state index in [9.17, 15) is 24.3 Å². The molecule has 0 spiro atoms. The number of nitrogens with one attached hydrogen (secondary N) is 1. The van der Waals surface area contributed by atoms with Crippen molar-refractivity contribution in [2.45, 2.75) is 143 Å². The number of likely N-dealkylation sites (N-methyl/N-ethyl adjacent to an activating group) is 1. The average molecular weight is 786 g/mol. The quantitative estimate of drug-likeness (QED) is 0.114. The van der Waals surface area contributed by atoms with Gasteiger partial charge in [0.2, 0.25) is 11.8 Å². The molecule has 1 saturated heterocycles. The van der Waals surface area contributed by atoms with E-state index in [4.69, 9.17) is 15.5 Å². The van der Waals surface area contributed by atoms with Gasteiger partial charge < -0.3 is 25.8 Å². The van der Waals surface area contributed by atoms with E-state index in [0.717, 1.165) is 55.7 Å². The van der Waals surface area contributed by atoms with Gasteiger partial charge in [0.05, 0.1) is 17.6 Å². The van der Waals surface area contributed by atoms with Gasteiger partial charge >= 0.3 is 0 Å². The van der Waals surface area contributed by atoms with Crippen LogP contribution in [0, 0.1) is 23.7 Å². The highest BCUT2D eigenvalue weighted by Crippen LogP contribution is 2.32. The number of piperidine rings is 1. The molecule has 3 rings (SSSR count). The Labute approximate surface area is 335 Å². The van der Waals surface area contributed by atoms with Gasteiger partial charge in [-0.3, -0.25) is 29.1 Å². The molecule has 1 aromatic carbocycles. The molecule has 0 aliphatic carbocycles. The molecule has 2 aliphatic rings. The van der Waals surface area contributed by atoms with E-state index in [1.54, 1.807) is 12.1 Å². The molecule has 0 aromatic heterocycles. The van der Waals surface area contributed by atoms with Crippen LogP contribution in [0.15, 0.2) is 29.3 Å². The fourth-order valence-corrected chi connectivity index (χ4v) is 9.00. The third-order valence-corrected chi connectivity index (χ3v) is 12.7. The molecule has 1 fully saturated rings. The number of aliphatic imine (C=N–C) groups is 1. The molecule has 0 bridgehead atoms. The monoisotopic (exact) mass is 786 g/mol. The second kappa shape index (κ2) is 23.4. The van der Waals surface area contributed by atoms with E-state index in [0.29, 0.717) is 38.2 Å². The van der Waals surface area contributed by atoms with E-state index < -0.39 is 12.1 Å². The number of phenolic OH excluding ortho intramolecular Hbond substituents is 1. The number of carbonyl (C=O) groups excluding carboxylic acids is 4. The summed E-state index contributed by atoms with van der Waals surface area (Å²) in [4.78, 5) is 63.8. The summed E-state index contributed by atoms with van der Waals surface area (Å²) < 4.78 is 6.49. The van der Waals surface area contributed by atoms with E-state index in [2.05, 4.69) is 51.8 Å². The number of Topliss-reactive ketones (excluding diaryl/α,β-unsaturated/α-hetero) is 2. The zero-order valence-corrected chi connectivity index (χ0v) is 35.7. The molecule has 0 saturated carbocycles. The molecular formula is C43H71N5O6S. The van der Waals surface area contributed by atoms with Crippen molar-refractivity contribution in [2.24, 2.45) is 34.4 Å². The highest BCUT2D eigenvalue weighted by atomic mass is 32.2. The summed E-state index contributed by atoms with van der Waals surface area (Å²) in [7, 11) is 2.02. The number of hydrogen-bond donors (Lipinski definition) is 3. The number of benzene rings is 1. The molecule has 12 heteroatoms. The molecule has 11 nitrogen and oxygen atoms in total. The molecule has 2 heterocycles. The van der Waals surface area contributed by atoms with Crippen LogP contribution in [0.1, 0.15) is 112 Å². The number of phenols is 1. The number of nitrogens with two attached hydrogens (primary N) is 1. The standard InChI is InChI=1S/C43H71N5O6S/c1-9-19-48(43(53)34(29(6)11-3)24-38(50)36-14-12-13-20-47(36)8)37(28(4)5)25-40(54-21-10-2)42-46-35(27-55-42)41(52)45-32(22-30(7)39(51)26-44)23-31-15-17-33(49)18-16-31/h15-18,28-30,32,34-37,40,49H,9-14,19-27,44H2,1-8H3,(H,45,52)/t29-,30-,32+,34-,35?,36+,37+,40+/m0/s1. The largest absolute Gasteiger partial charge is 0.508 e. The molecule has 1 aromatic rings. The van der Waals surface area contributed by atoms with Crippen LogP contribution in [0.4, 0.5) is 0 Å². The Morgan fingerprint density at radius 3 is 2.36 bits per heavy atom. The number of ketones is 2. The van der Waals surface area contributed by atoms with Crippen molar-refractivity contribution in [2.75, 3.05) is 39.0 Å². The van der Waals surface area contributed by atoms with Gasteiger partial charge in [-0.05, 0) is 81.6 Å². The summed E-state index contributed by atoms with van der Waals surface area (Å²) in [6.45, 7) is 16.4. The number of likely N-dealkylation sites (tertiary alicyclic amines) is 1. The fraction of sp³-hybridized carbons (Fsp3) is 0.744. The topological polar surface area (TPSA) is 155 Å².